The number of benzene rings is 3. The zero-order valence-electron chi connectivity index (χ0n) is 24.4. The van der Waals surface area contributed by atoms with Gasteiger partial charge in [-0.1, -0.05) is 47.5 Å². The first-order valence-electron chi connectivity index (χ1n) is 13.5. The van der Waals surface area contributed by atoms with Gasteiger partial charge in [-0.05, 0) is 77.9 Å². The minimum Gasteiger partial charge on any atom is -0.493 e. The number of methoxy groups -OCH3 is 1. The highest BCUT2D eigenvalue weighted by atomic mass is 79.9. The second-order valence-electron chi connectivity index (χ2n) is 9.47. The molecular weight excluding hydrogens is 707 g/mol. The summed E-state index contributed by atoms with van der Waals surface area (Å²) in [5.41, 5.74) is 5.38. The van der Waals surface area contributed by atoms with Crippen molar-refractivity contribution in [1.29, 1.82) is 0 Å². The van der Waals surface area contributed by atoms with Crippen molar-refractivity contribution in [2.45, 2.75) is 26.5 Å². The van der Waals surface area contributed by atoms with Crippen LogP contribution in [0.25, 0.3) is 0 Å². The maximum Gasteiger partial charge on any atom is 0.338 e. The van der Waals surface area contributed by atoms with Crippen molar-refractivity contribution in [2.24, 2.45) is 5.10 Å². The van der Waals surface area contributed by atoms with Gasteiger partial charge in [0, 0.05) is 26.9 Å². The summed E-state index contributed by atoms with van der Waals surface area (Å²) in [5.74, 6) is 0.311. The summed E-state index contributed by atoms with van der Waals surface area (Å²) < 4.78 is 23.2. The molecule has 0 fully saturated rings. The molecule has 0 saturated carbocycles. The SMILES string of the molecule is CCOC(=O)C1=C(C)NC(=S)N[C@@H]1c1ccccc1OCC(=O)NN=Cc1cc(Br)c(OCc2ccc(Cl)cc2Cl)c(OC)c1. The van der Waals surface area contributed by atoms with Crippen LogP contribution in [-0.4, -0.2) is 43.5 Å². The molecule has 4 rings (SSSR count). The van der Waals surface area contributed by atoms with Gasteiger partial charge in [0.15, 0.2) is 23.2 Å². The highest BCUT2D eigenvalue weighted by Crippen LogP contribution is 2.37. The van der Waals surface area contributed by atoms with Gasteiger partial charge in [0.1, 0.15) is 12.4 Å². The van der Waals surface area contributed by atoms with Crippen LogP contribution in [0.5, 0.6) is 17.2 Å². The Hall–Kier alpha value is -3.84. The summed E-state index contributed by atoms with van der Waals surface area (Å²) in [7, 11) is 1.52. The molecule has 0 aliphatic carbocycles. The summed E-state index contributed by atoms with van der Waals surface area (Å²) >= 11 is 21.1. The van der Waals surface area contributed by atoms with E-state index in [-0.39, 0.29) is 19.8 Å². The quantitative estimate of drug-likeness (QED) is 0.0861. The number of carbonyl (C=O) groups is 2. The summed E-state index contributed by atoms with van der Waals surface area (Å²) in [6.07, 6.45) is 1.46. The van der Waals surface area contributed by atoms with Crippen molar-refractivity contribution < 1.29 is 28.5 Å². The van der Waals surface area contributed by atoms with Crippen LogP contribution in [0.15, 0.2) is 75.4 Å². The number of rotatable bonds is 12. The number of hydrogen-bond acceptors (Lipinski definition) is 8. The molecule has 0 bridgehead atoms. The van der Waals surface area contributed by atoms with Gasteiger partial charge < -0.3 is 29.6 Å². The van der Waals surface area contributed by atoms with Gasteiger partial charge >= 0.3 is 5.97 Å². The number of halogens is 3. The lowest BCUT2D eigenvalue weighted by Crippen LogP contribution is -2.45. The van der Waals surface area contributed by atoms with E-state index in [1.807, 2.05) is 0 Å². The molecule has 3 N–H and O–H groups in total. The third kappa shape index (κ3) is 8.88. The number of amides is 1. The standard InChI is InChI=1S/C31H29BrCl2N4O6S/c1-4-42-30(40)27-17(2)36-31(45)37-28(27)21-7-5-6-8-24(21)43-16-26(39)38-35-14-18-11-22(32)29(25(12-18)41-3)44-15-19-9-10-20(33)13-23(19)34/h5-14,28H,4,15-16H2,1-3H3,(H,38,39)(H2,36,37,45)/t28-/m1/s1. The topological polar surface area (TPSA) is 120 Å². The number of hydrazone groups is 1. The lowest BCUT2D eigenvalue weighted by Gasteiger charge is -2.30. The van der Waals surface area contributed by atoms with Crippen molar-refractivity contribution in [2.75, 3.05) is 20.3 Å². The number of hydrogen-bond donors (Lipinski definition) is 3. The van der Waals surface area contributed by atoms with Crippen molar-refractivity contribution >= 4 is 74.6 Å². The Balaban J connectivity index is 1.40. The number of nitrogens with one attached hydrogen (secondary N) is 3. The number of esters is 1. The molecule has 3 aromatic carbocycles. The minimum absolute atomic E-state index is 0.192. The molecule has 1 heterocycles. The Morgan fingerprint density at radius 3 is 2.62 bits per heavy atom. The van der Waals surface area contributed by atoms with Crippen molar-refractivity contribution in [3.05, 3.63) is 97.1 Å². The molecule has 0 spiro atoms. The van der Waals surface area contributed by atoms with Crippen LogP contribution in [0.2, 0.25) is 10.0 Å². The Labute approximate surface area is 284 Å². The number of carbonyl (C=O) groups excluding carboxylic acids is 2. The van der Waals surface area contributed by atoms with Crippen LogP contribution in [-0.2, 0) is 20.9 Å². The maximum atomic E-state index is 12.8. The summed E-state index contributed by atoms with van der Waals surface area (Å²) in [5, 5.41) is 11.5. The summed E-state index contributed by atoms with van der Waals surface area (Å²) in [4.78, 5) is 25.4. The fraction of sp³-hybridized carbons (Fsp3) is 0.226. The molecule has 14 heteroatoms. The van der Waals surface area contributed by atoms with Crippen LogP contribution in [0, 0.1) is 0 Å². The summed E-state index contributed by atoms with van der Waals surface area (Å²) in [6, 6.07) is 15.0. The Morgan fingerprint density at radius 1 is 1.11 bits per heavy atom. The van der Waals surface area contributed by atoms with E-state index >= 15 is 0 Å². The first kappa shape index (κ1) is 34.0. The lowest BCUT2D eigenvalue weighted by molar-refractivity contribution is -0.139. The Bertz CT molecular complexity index is 1670. The second kappa shape index (κ2) is 15.9. The number of allylic oxidation sites excluding steroid dienone is 1. The zero-order valence-corrected chi connectivity index (χ0v) is 28.3. The molecule has 10 nitrogen and oxygen atoms in total. The van der Waals surface area contributed by atoms with Crippen molar-refractivity contribution in [1.82, 2.24) is 16.1 Å². The summed E-state index contributed by atoms with van der Waals surface area (Å²) in [6.45, 7) is 3.54. The van der Waals surface area contributed by atoms with Crippen LogP contribution >= 0.6 is 51.3 Å². The van der Waals surface area contributed by atoms with E-state index in [2.05, 4.69) is 37.1 Å². The monoisotopic (exact) mass is 734 g/mol. The molecule has 0 saturated heterocycles. The molecule has 0 radical (unpaired) electrons. The largest absolute Gasteiger partial charge is 0.493 e. The molecule has 1 aliphatic rings. The van der Waals surface area contributed by atoms with Gasteiger partial charge in [0.25, 0.3) is 5.91 Å². The molecule has 1 aliphatic heterocycles. The zero-order chi connectivity index (χ0) is 32.5. The van der Waals surface area contributed by atoms with E-state index in [1.165, 1.54) is 13.3 Å². The fourth-order valence-electron chi connectivity index (χ4n) is 4.35. The fourth-order valence-corrected chi connectivity index (χ4v) is 5.66. The van der Waals surface area contributed by atoms with Gasteiger partial charge in [0.05, 0.1) is 36.0 Å². The molecular formula is C31H29BrCl2N4O6S. The van der Waals surface area contributed by atoms with E-state index in [0.29, 0.717) is 59.3 Å². The first-order chi connectivity index (χ1) is 21.6. The van der Waals surface area contributed by atoms with E-state index < -0.39 is 17.9 Å². The van der Waals surface area contributed by atoms with E-state index in [4.69, 9.17) is 54.4 Å². The molecule has 1 atom stereocenters. The number of para-hydroxylation sites is 1. The predicted octanol–water partition coefficient (Wildman–Crippen LogP) is 6.23. The number of nitrogens with zero attached hydrogens (tertiary/aromatic N) is 1. The van der Waals surface area contributed by atoms with E-state index in [9.17, 15) is 9.59 Å². The highest BCUT2D eigenvalue weighted by Gasteiger charge is 2.32. The average Bonchev–Trinajstić information content (AvgIpc) is 3.00. The van der Waals surface area contributed by atoms with E-state index in [0.717, 1.165) is 5.56 Å². The average molecular weight is 736 g/mol. The Morgan fingerprint density at radius 2 is 1.89 bits per heavy atom. The third-order valence-corrected chi connectivity index (χ3v) is 7.79. The minimum atomic E-state index is -0.640. The third-order valence-electron chi connectivity index (χ3n) is 6.40. The van der Waals surface area contributed by atoms with Crippen LogP contribution in [0.4, 0.5) is 0 Å². The van der Waals surface area contributed by atoms with Crippen LogP contribution in [0.1, 0.15) is 36.6 Å². The lowest BCUT2D eigenvalue weighted by atomic mass is 9.95. The van der Waals surface area contributed by atoms with E-state index in [1.54, 1.807) is 68.4 Å². The molecule has 0 unspecified atom stereocenters. The highest BCUT2D eigenvalue weighted by molar-refractivity contribution is 9.10. The predicted molar refractivity (Wildman–Crippen MR) is 180 cm³/mol. The molecule has 45 heavy (non-hydrogen) atoms. The normalized spacial score (nSPS) is 14.4. The van der Waals surface area contributed by atoms with Crippen LogP contribution in [0.3, 0.4) is 0 Å². The first-order valence-corrected chi connectivity index (χ1v) is 15.5. The number of thiocarbonyl (C=S) groups is 1. The molecule has 3 aromatic rings. The van der Waals surface area contributed by atoms with Gasteiger partial charge in [-0.15, -0.1) is 0 Å². The van der Waals surface area contributed by atoms with Gasteiger partial charge in [-0.25, -0.2) is 10.2 Å². The molecule has 1 amide bonds. The Kier molecular flexibility index (Phi) is 12.1. The van der Waals surface area contributed by atoms with Crippen LogP contribution < -0.4 is 30.3 Å². The van der Waals surface area contributed by atoms with Crippen molar-refractivity contribution in [3.8, 4) is 17.2 Å². The molecule has 0 aromatic heterocycles. The van der Waals surface area contributed by atoms with Gasteiger partial charge in [-0.3, -0.25) is 4.79 Å². The van der Waals surface area contributed by atoms with Crippen molar-refractivity contribution in [3.63, 3.8) is 0 Å². The molecule has 236 valence electrons. The van der Waals surface area contributed by atoms with Gasteiger partial charge in [-0.2, -0.15) is 5.10 Å². The smallest absolute Gasteiger partial charge is 0.338 e. The van der Waals surface area contributed by atoms with Gasteiger partial charge in [0.2, 0.25) is 0 Å². The number of ether oxygens (including phenoxy) is 4. The second-order valence-corrected chi connectivity index (χ2v) is 11.6. The maximum absolute atomic E-state index is 12.8.